The number of methoxy groups -OCH3 is 1. The van der Waals surface area contributed by atoms with Gasteiger partial charge in [0, 0.05) is 25.5 Å². The van der Waals surface area contributed by atoms with E-state index < -0.39 is 12.0 Å². The SMILES string of the molecule is COc1cc(OC(=O)N(C)C)cn2c1c(C(N)=O)c1ccccc12. The van der Waals surface area contributed by atoms with Gasteiger partial charge in [-0.15, -0.1) is 0 Å². The third kappa shape index (κ3) is 2.40. The fraction of sp³-hybridized carbons (Fsp3) is 0.176. The van der Waals surface area contributed by atoms with Gasteiger partial charge in [-0.1, -0.05) is 18.2 Å². The van der Waals surface area contributed by atoms with Crippen molar-refractivity contribution in [1.82, 2.24) is 9.30 Å². The van der Waals surface area contributed by atoms with Gasteiger partial charge in [-0.3, -0.25) is 4.79 Å². The van der Waals surface area contributed by atoms with E-state index in [0.29, 0.717) is 28.0 Å². The average molecular weight is 327 g/mol. The lowest BCUT2D eigenvalue weighted by molar-refractivity contribution is 0.100. The molecule has 3 aromatic rings. The number of nitrogens with zero attached hydrogens (tertiary/aromatic N) is 2. The predicted octanol–water partition coefficient (Wildman–Crippen LogP) is 2.26. The first-order chi connectivity index (χ1) is 11.4. The second-order valence-electron chi connectivity index (χ2n) is 5.48. The van der Waals surface area contributed by atoms with E-state index in [1.165, 1.54) is 12.0 Å². The summed E-state index contributed by atoms with van der Waals surface area (Å²) in [4.78, 5) is 25.1. The van der Waals surface area contributed by atoms with Crippen LogP contribution in [0.1, 0.15) is 10.4 Å². The highest BCUT2D eigenvalue weighted by atomic mass is 16.6. The van der Waals surface area contributed by atoms with Crippen molar-refractivity contribution in [3.63, 3.8) is 0 Å². The summed E-state index contributed by atoms with van der Waals surface area (Å²) in [6.07, 6.45) is 1.12. The van der Waals surface area contributed by atoms with Crippen LogP contribution in [0.3, 0.4) is 0 Å². The monoisotopic (exact) mass is 327 g/mol. The second-order valence-corrected chi connectivity index (χ2v) is 5.48. The highest BCUT2D eigenvalue weighted by Crippen LogP contribution is 2.35. The highest BCUT2D eigenvalue weighted by Gasteiger charge is 2.21. The van der Waals surface area contributed by atoms with Crippen molar-refractivity contribution in [3.05, 3.63) is 42.1 Å². The Labute approximate surface area is 138 Å². The van der Waals surface area contributed by atoms with E-state index in [1.54, 1.807) is 30.8 Å². The van der Waals surface area contributed by atoms with Crippen molar-refractivity contribution >= 4 is 28.4 Å². The van der Waals surface area contributed by atoms with Gasteiger partial charge in [-0.2, -0.15) is 0 Å². The molecule has 0 radical (unpaired) electrons. The number of benzene rings is 1. The normalized spacial score (nSPS) is 10.8. The predicted molar refractivity (Wildman–Crippen MR) is 89.7 cm³/mol. The smallest absolute Gasteiger partial charge is 0.414 e. The first-order valence-corrected chi connectivity index (χ1v) is 7.23. The number of hydrogen-bond donors (Lipinski definition) is 1. The Bertz CT molecular complexity index is 959. The Hall–Kier alpha value is -3.22. The van der Waals surface area contributed by atoms with Crippen molar-refractivity contribution < 1.29 is 19.1 Å². The van der Waals surface area contributed by atoms with E-state index in [2.05, 4.69) is 0 Å². The van der Waals surface area contributed by atoms with Gasteiger partial charge in [0.15, 0.2) is 5.75 Å². The zero-order valence-corrected chi connectivity index (χ0v) is 13.6. The Kier molecular flexibility index (Phi) is 3.76. The molecule has 0 aliphatic heterocycles. The van der Waals surface area contributed by atoms with Gasteiger partial charge in [-0.25, -0.2) is 4.79 Å². The lowest BCUT2D eigenvalue weighted by Gasteiger charge is -2.13. The number of aromatic nitrogens is 1. The van der Waals surface area contributed by atoms with Crippen molar-refractivity contribution in [2.75, 3.05) is 21.2 Å². The molecule has 2 amide bonds. The highest BCUT2D eigenvalue weighted by molar-refractivity contribution is 6.14. The van der Waals surface area contributed by atoms with Gasteiger partial charge in [-0.05, 0) is 6.07 Å². The van der Waals surface area contributed by atoms with Crippen molar-refractivity contribution in [3.8, 4) is 11.5 Å². The number of primary amides is 1. The lowest BCUT2D eigenvalue weighted by Crippen LogP contribution is -2.25. The summed E-state index contributed by atoms with van der Waals surface area (Å²) < 4.78 is 12.5. The van der Waals surface area contributed by atoms with Crippen LogP contribution in [0, 0.1) is 0 Å². The molecule has 0 aliphatic rings. The third-order valence-electron chi connectivity index (χ3n) is 3.71. The molecule has 2 N–H and O–H groups in total. The molecule has 0 fully saturated rings. The molecule has 1 aromatic carbocycles. The average Bonchev–Trinajstić information content (AvgIpc) is 2.88. The number of para-hydroxylation sites is 1. The topological polar surface area (TPSA) is 86.3 Å². The number of amides is 2. The zero-order chi connectivity index (χ0) is 17.4. The van der Waals surface area contributed by atoms with Crippen LogP contribution in [-0.2, 0) is 0 Å². The number of carbonyl (C=O) groups excluding carboxylic acids is 2. The molecule has 0 unspecified atom stereocenters. The van der Waals surface area contributed by atoms with Crippen molar-refractivity contribution in [1.29, 1.82) is 0 Å². The number of nitrogens with two attached hydrogens (primary N) is 1. The Morgan fingerprint density at radius 2 is 1.92 bits per heavy atom. The van der Waals surface area contributed by atoms with Gasteiger partial charge < -0.3 is 24.5 Å². The molecule has 7 heteroatoms. The maximum absolute atomic E-state index is 12.0. The molecule has 0 saturated heterocycles. The maximum Gasteiger partial charge on any atom is 0.414 e. The molecule has 24 heavy (non-hydrogen) atoms. The molecule has 0 aliphatic carbocycles. The van der Waals surface area contributed by atoms with Crippen LogP contribution in [0.4, 0.5) is 4.79 Å². The Morgan fingerprint density at radius 1 is 1.21 bits per heavy atom. The van der Waals surface area contributed by atoms with Gasteiger partial charge in [0.05, 0.1) is 24.4 Å². The maximum atomic E-state index is 12.0. The van der Waals surface area contributed by atoms with Gasteiger partial charge in [0.1, 0.15) is 11.3 Å². The number of fused-ring (bicyclic) bond motifs is 3. The Balaban J connectivity index is 2.34. The molecular weight excluding hydrogens is 310 g/mol. The third-order valence-corrected chi connectivity index (χ3v) is 3.71. The summed E-state index contributed by atoms with van der Waals surface area (Å²) in [5.74, 6) is 0.143. The summed E-state index contributed by atoms with van der Waals surface area (Å²) in [5.41, 5.74) is 7.24. The van der Waals surface area contributed by atoms with E-state index in [4.69, 9.17) is 15.2 Å². The van der Waals surface area contributed by atoms with Crippen LogP contribution in [0.2, 0.25) is 0 Å². The molecule has 0 spiro atoms. The van der Waals surface area contributed by atoms with Crippen LogP contribution in [0.25, 0.3) is 16.4 Å². The number of rotatable bonds is 3. The summed E-state index contributed by atoms with van der Waals surface area (Å²) in [7, 11) is 4.66. The van der Waals surface area contributed by atoms with Crippen LogP contribution < -0.4 is 15.2 Å². The van der Waals surface area contributed by atoms with Crippen LogP contribution in [0.5, 0.6) is 11.5 Å². The number of pyridine rings is 1. The second kappa shape index (κ2) is 5.77. The van der Waals surface area contributed by atoms with E-state index >= 15 is 0 Å². The number of hydrogen-bond acceptors (Lipinski definition) is 4. The van der Waals surface area contributed by atoms with Gasteiger partial charge in [0.25, 0.3) is 5.91 Å². The van der Waals surface area contributed by atoms with Crippen molar-refractivity contribution in [2.45, 2.75) is 0 Å². The molecule has 2 heterocycles. The van der Waals surface area contributed by atoms with E-state index in [9.17, 15) is 9.59 Å². The van der Waals surface area contributed by atoms with E-state index in [1.807, 2.05) is 24.3 Å². The Morgan fingerprint density at radius 3 is 2.54 bits per heavy atom. The van der Waals surface area contributed by atoms with E-state index in [-0.39, 0.29) is 0 Å². The minimum atomic E-state index is -0.551. The molecule has 7 nitrogen and oxygen atoms in total. The molecule has 0 bridgehead atoms. The summed E-state index contributed by atoms with van der Waals surface area (Å²) >= 11 is 0. The zero-order valence-electron chi connectivity index (χ0n) is 13.6. The molecule has 0 atom stereocenters. The molecule has 0 saturated carbocycles. The standard InChI is InChI=1S/C17H17N3O4/c1-19(2)17(22)24-10-8-13(23-3)15-14(16(18)21)11-6-4-5-7-12(11)20(15)9-10/h4-9H,1-3H3,(H2,18,21). The number of carbonyl (C=O) groups is 2. The van der Waals surface area contributed by atoms with Crippen LogP contribution in [-0.4, -0.2) is 42.5 Å². The minimum Gasteiger partial charge on any atom is -0.494 e. The van der Waals surface area contributed by atoms with Gasteiger partial charge in [0.2, 0.25) is 0 Å². The first kappa shape index (κ1) is 15.7. The van der Waals surface area contributed by atoms with Crippen LogP contribution in [0.15, 0.2) is 36.5 Å². The fourth-order valence-corrected chi connectivity index (χ4v) is 2.65. The molecule has 2 aromatic heterocycles. The fourth-order valence-electron chi connectivity index (χ4n) is 2.65. The minimum absolute atomic E-state index is 0.301. The first-order valence-electron chi connectivity index (χ1n) is 7.23. The molecular formula is C17H17N3O4. The summed E-state index contributed by atoms with van der Waals surface area (Å²) in [6, 6.07) is 8.90. The van der Waals surface area contributed by atoms with E-state index in [0.717, 1.165) is 5.52 Å². The largest absolute Gasteiger partial charge is 0.494 e. The van der Waals surface area contributed by atoms with Gasteiger partial charge >= 0.3 is 6.09 Å². The number of ether oxygens (including phenoxy) is 2. The van der Waals surface area contributed by atoms with Crippen molar-refractivity contribution in [2.24, 2.45) is 5.73 Å². The van der Waals surface area contributed by atoms with Crippen LogP contribution >= 0.6 is 0 Å². The quantitative estimate of drug-likeness (QED) is 0.799. The lowest BCUT2D eigenvalue weighted by atomic mass is 10.1. The molecule has 124 valence electrons. The molecule has 3 rings (SSSR count). The summed E-state index contributed by atoms with van der Waals surface area (Å²) in [6.45, 7) is 0. The summed E-state index contributed by atoms with van der Waals surface area (Å²) in [5, 5.41) is 0.708.